The molecule has 1 aliphatic carbocycles. The third-order valence-corrected chi connectivity index (χ3v) is 3.17. The van der Waals surface area contributed by atoms with Crippen LogP contribution >= 0.6 is 0 Å². The van der Waals surface area contributed by atoms with Crippen LogP contribution in [-0.4, -0.2) is 16.6 Å². The summed E-state index contributed by atoms with van der Waals surface area (Å²) in [4.78, 5) is 11.6. The zero-order chi connectivity index (χ0) is 11.4. The van der Waals surface area contributed by atoms with Gasteiger partial charge in [0, 0.05) is 25.0 Å². The van der Waals surface area contributed by atoms with Crippen molar-refractivity contribution in [2.45, 2.75) is 38.3 Å². The van der Waals surface area contributed by atoms with Gasteiger partial charge in [-0.2, -0.15) is 0 Å². The van der Waals surface area contributed by atoms with E-state index in [0.29, 0.717) is 12.6 Å². The molecule has 88 valence electrons. The van der Waals surface area contributed by atoms with Crippen molar-refractivity contribution in [3.05, 3.63) is 24.0 Å². The molecule has 0 aromatic carbocycles. The molecule has 2 amide bonds. The molecular weight excluding hydrogens is 202 g/mol. The highest BCUT2D eigenvalue weighted by atomic mass is 16.2. The number of carbonyl (C=O) groups is 1. The van der Waals surface area contributed by atoms with Crippen molar-refractivity contribution in [2.75, 3.05) is 0 Å². The summed E-state index contributed by atoms with van der Waals surface area (Å²) in [6.45, 7) is 0.585. The van der Waals surface area contributed by atoms with Crippen molar-refractivity contribution in [1.29, 1.82) is 0 Å². The number of aryl methyl sites for hydroxylation is 1. The van der Waals surface area contributed by atoms with Gasteiger partial charge in [-0.1, -0.05) is 12.8 Å². The van der Waals surface area contributed by atoms with Crippen molar-refractivity contribution in [3.63, 3.8) is 0 Å². The number of carbonyl (C=O) groups excluding carboxylic acids is 1. The molecule has 2 N–H and O–H groups in total. The topological polar surface area (TPSA) is 46.1 Å². The van der Waals surface area contributed by atoms with Gasteiger partial charge in [-0.25, -0.2) is 4.79 Å². The van der Waals surface area contributed by atoms with Crippen LogP contribution in [0.25, 0.3) is 0 Å². The zero-order valence-corrected chi connectivity index (χ0v) is 9.70. The highest BCUT2D eigenvalue weighted by molar-refractivity contribution is 5.74. The Balaban J connectivity index is 1.73. The molecule has 0 radical (unpaired) electrons. The highest BCUT2D eigenvalue weighted by Crippen LogP contribution is 2.17. The molecule has 1 aromatic rings. The molecule has 1 fully saturated rings. The molecule has 0 unspecified atom stereocenters. The lowest BCUT2D eigenvalue weighted by Gasteiger charge is -2.13. The van der Waals surface area contributed by atoms with E-state index in [0.717, 1.165) is 18.5 Å². The van der Waals surface area contributed by atoms with Gasteiger partial charge < -0.3 is 15.2 Å². The SMILES string of the molecule is Cn1cccc1CNC(=O)NC1CCCC1. The van der Waals surface area contributed by atoms with Crippen LogP contribution in [0.3, 0.4) is 0 Å². The molecule has 0 spiro atoms. The molecule has 4 heteroatoms. The van der Waals surface area contributed by atoms with Gasteiger partial charge in [0.25, 0.3) is 0 Å². The second-order valence-corrected chi connectivity index (χ2v) is 4.42. The van der Waals surface area contributed by atoms with Gasteiger partial charge in [0.15, 0.2) is 0 Å². The molecule has 0 aliphatic heterocycles. The summed E-state index contributed by atoms with van der Waals surface area (Å²) in [6.07, 6.45) is 6.70. The van der Waals surface area contributed by atoms with Gasteiger partial charge >= 0.3 is 6.03 Å². The van der Waals surface area contributed by atoms with Crippen LogP contribution in [0.1, 0.15) is 31.4 Å². The van der Waals surface area contributed by atoms with Crippen LogP contribution < -0.4 is 10.6 Å². The molecule has 4 nitrogen and oxygen atoms in total. The lowest BCUT2D eigenvalue weighted by Crippen LogP contribution is -2.40. The number of urea groups is 1. The molecular formula is C12H19N3O. The second-order valence-electron chi connectivity index (χ2n) is 4.42. The molecule has 0 bridgehead atoms. The molecule has 1 aromatic heterocycles. The average molecular weight is 221 g/mol. The van der Waals surface area contributed by atoms with Crippen LogP contribution in [0.4, 0.5) is 4.79 Å². The Morgan fingerprint density at radius 2 is 2.25 bits per heavy atom. The Kier molecular flexibility index (Phi) is 3.49. The van der Waals surface area contributed by atoms with Crippen molar-refractivity contribution in [3.8, 4) is 0 Å². The Hall–Kier alpha value is -1.45. The van der Waals surface area contributed by atoms with E-state index in [-0.39, 0.29) is 6.03 Å². The van der Waals surface area contributed by atoms with Gasteiger partial charge in [-0.15, -0.1) is 0 Å². The maximum Gasteiger partial charge on any atom is 0.315 e. The minimum absolute atomic E-state index is 0.0481. The van der Waals surface area contributed by atoms with Gasteiger partial charge in [0.05, 0.1) is 6.54 Å². The quantitative estimate of drug-likeness (QED) is 0.802. The summed E-state index contributed by atoms with van der Waals surface area (Å²) in [5, 5.41) is 5.88. The van der Waals surface area contributed by atoms with Crippen LogP contribution in [-0.2, 0) is 13.6 Å². The third kappa shape index (κ3) is 2.78. The third-order valence-electron chi connectivity index (χ3n) is 3.17. The van der Waals surface area contributed by atoms with E-state index in [4.69, 9.17) is 0 Å². The lowest BCUT2D eigenvalue weighted by molar-refractivity contribution is 0.236. The van der Waals surface area contributed by atoms with E-state index >= 15 is 0 Å². The standard InChI is InChI=1S/C12H19N3O/c1-15-8-4-7-11(15)9-13-12(16)14-10-5-2-3-6-10/h4,7-8,10H,2-3,5-6,9H2,1H3,(H2,13,14,16). The Morgan fingerprint density at radius 1 is 1.50 bits per heavy atom. The van der Waals surface area contributed by atoms with E-state index in [1.54, 1.807) is 0 Å². The smallest absolute Gasteiger partial charge is 0.315 e. The van der Waals surface area contributed by atoms with Crippen molar-refractivity contribution < 1.29 is 4.79 Å². The van der Waals surface area contributed by atoms with E-state index in [1.807, 2.05) is 29.9 Å². The van der Waals surface area contributed by atoms with Crippen LogP contribution in [0.2, 0.25) is 0 Å². The van der Waals surface area contributed by atoms with E-state index in [2.05, 4.69) is 10.6 Å². The Morgan fingerprint density at radius 3 is 2.88 bits per heavy atom. The zero-order valence-electron chi connectivity index (χ0n) is 9.70. The molecule has 1 saturated carbocycles. The van der Waals surface area contributed by atoms with E-state index in [1.165, 1.54) is 12.8 Å². The summed E-state index contributed by atoms with van der Waals surface area (Å²) < 4.78 is 2.01. The molecule has 0 atom stereocenters. The Bertz CT molecular complexity index is 353. The highest BCUT2D eigenvalue weighted by Gasteiger charge is 2.16. The summed E-state index contributed by atoms with van der Waals surface area (Å²) in [5.41, 5.74) is 1.11. The number of nitrogens with zero attached hydrogens (tertiary/aromatic N) is 1. The monoisotopic (exact) mass is 221 g/mol. The average Bonchev–Trinajstić information content (AvgIpc) is 2.87. The first-order valence-corrected chi connectivity index (χ1v) is 5.90. The predicted octanol–water partition coefficient (Wildman–Crippen LogP) is 1.77. The number of amides is 2. The number of rotatable bonds is 3. The largest absolute Gasteiger partial charge is 0.353 e. The Labute approximate surface area is 96.0 Å². The fraction of sp³-hybridized carbons (Fsp3) is 0.583. The predicted molar refractivity (Wildman–Crippen MR) is 63.0 cm³/mol. The van der Waals surface area contributed by atoms with Gasteiger partial charge in [-0.05, 0) is 25.0 Å². The van der Waals surface area contributed by atoms with Crippen LogP contribution in [0, 0.1) is 0 Å². The normalized spacial score (nSPS) is 16.3. The minimum Gasteiger partial charge on any atom is -0.353 e. The summed E-state index contributed by atoms with van der Waals surface area (Å²) in [6, 6.07) is 4.32. The molecule has 2 rings (SSSR count). The van der Waals surface area contributed by atoms with E-state index < -0.39 is 0 Å². The first kappa shape index (κ1) is 11.0. The van der Waals surface area contributed by atoms with Crippen LogP contribution in [0.5, 0.6) is 0 Å². The molecule has 1 aliphatic rings. The summed E-state index contributed by atoms with van der Waals surface area (Å²) >= 11 is 0. The fourth-order valence-corrected chi connectivity index (χ4v) is 2.16. The maximum absolute atomic E-state index is 11.6. The number of hydrogen-bond donors (Lipinski definition) is 2. The van der Waals surface area contributed by atoms with E-state index in [9.17, 15) is 4.79 Å². The lowest BCUT2D eigenvalue weighted by atomic mass is 10.2. The molecule has 16 heavy (non-hydrogen) atoms. The summed E-state index contributed by atoms with van der Waals surface area (Å²) in [7, 11) is 1.98. The fourth-order valence-electron chi connectivity index (χ4n) is 2.16. The first-order valence-electron chi connectivity index (χ1n) is 5.90. The molecule has 1 heterocycles. The molecule has 0 saturated heterocycles. The van der Waals surface area contributed by atoms with Gasteiger partial charge in [0.1, 0.15) is 0 Å². The second kappa shape index (κ2) is 5.05. The first-order chi connectivity index (χ1) is 7.75. The van der Waals surface area contributed by atoms with Crippen LogP contribution in [0.15, 0.2) is 18.3 Å². The number of aromatic nitrogens is 1. The van der Waals surface area contributed by atoms with Crippen molar-refractivity contribution >= 4 is 6.03 Å². The number of nitrogens with one attached hydrogen (secondary N) is 2. The van der Waals surface area contributed by atoms with Gasteiger partial charge in [0.2, 0.25) is 0 Å². The summed E-state index contributed by atoms with van der Waals surface area (Å²) in [5.74, 6) is 0. The minimum atomic E-state index is -0.0481. The van der Waals surface area contributed by atoms with Crippen molar-refractivity contribution in [1.82, 2.24) is 15.2 Å². The maximum atomic E-state index is 11.6. The number of hydrogen-bond acceptors (Lipinski definition) is 1. The van der Waals surface area contributed by atoms with Crippen molar-refractivity contribution in [2.24, 2.45) is 7.05 Å². The van der Waals surface area contributed by atoms with Gasteiger partial charge in [-0.3, -0.25) is 0 Å².